The third kappa shape index (κ3) is 5.57. The van der Waals surface area contributed by atoms with Gasteiger partial charge in [0.2, 0.25) is 15.9 Å². The smallest absolute Gasteiger partial charge is 0.238 e. The fourth-order valence-electron chi connectivity index (χ4n) is 3.03. The number of benzene rings is 2. The summed E-state index contributed by atoms with van der Waals surface area (Å²) in [5, 5.41) is 2.68. The van der Waals surface area contributed by atoms with Gasteiger partial charge in [0.05, 0.1) is 12.3 Å². The molecule has 0 radical (unpaired) electrons. The van der Waals surface area contributed by atoms with Crippen LogP contribution in [0, 0.1) is 11.6 Å². The summed E-state index contributed by atoms with van der Waals surface area (Å²) in [6.45, 7) is 1.48. The first-order valence-corrected chi connectivity index (χ1v) is 10.4. The molecule has 1 saturated heterocycles. The highest BCUT2D eigenvalue weighted by Gasteiger charge is 2.27. The zero-order chi connectivity index (χ0) is 20.1. The average Bonchev–Trinajstić information content (AvgIpc) is 2.64. The number of sulfonamides is 1. The van der Waals surface area contributed by atoms with Gasteiger partial charge in [-0.05, 0) is 42.0 Å². The molecule has 1 aliphatic rings. The number of nitrogens with zero attached hydrogens (tertiary/aromatic N) is 2. The molecule has 0 spiro atoms. The van der Waals surface area contributed by atoms with Crippen molar-refractivity contribution in [3.05, 3.63) is 65.7 Å². The van der Waals surface area contributed by atoms with Gasteiger partial charge in [0, 0.05) is 31.9 Å². The number of carbonyl (C=O) groups excluding carboxylic acids is 1. The van der Waals surface area contributed by atoms with Crippen molar-refractivity contribution in [2.24, 2.45) is 0 Å². The largest absolute Gasteiger partial charge is 0.325 e. The van der Waals surface area contributed by atoms with Crippen LogP contribution in [0.2, 0.25) is 0 Å². The maximum absolute atomic E-state index is 13.3. The maximum atomic E-state index is 13.3. The first-order valence-electron chi connectivity index (χ1n) is 8.82. The Balaban J connectivity index is 1.49. The molecular formula is C19H21F2N3O3S. The Kier molecular flexibility index (Phi) is 6.38. The summed E-state index contributed by atoms with van der Waals surface area (Å²) in [5.41, 5.74) is 0.906. The van der Waals surface area contributed by atoms with Crippen molar-refractivity contribution >= 4 is 21.6 Å². The third-order valence-corrected chi connectivity index (χ3v) is 6.31. The van der Waals surface area contributed by atoms with Crippen LogP contribution in [-0.2, 0) is 20.6 Å². The molecule has 0 aliphatic carbocycles. The average molecular weight is 409 g/mol. The van der Waals surface area contributed by atoms with E-state index in [0.717, 1.165) is 0 Å². The predicted molar refractivity (Wildman–Crippen MR) is 102 cm³/mol. The van der Waals surface area contributed by atoms with Crippen molar-refractivity contribution in [2.45, 2.75) is 5.75 Å². The Morgan fingerprint density at radius 2 is 1.64 bits per heavy atom. The summed E-state index contributed by atoms with van der Waals surface area (Å²) < 4.78 is 52.6. The van der Waals surface area contributed by atoms with Crippen molar-refractivity contribution < 1.29 is 22.0 Å². The van der Waals surface area contributed by atoms with Gasteiger partial charge < -0.3 is 5.32 Å². The molecule has 1 N–H and O–H groups in total. The summed E-state index contributed by atoms with van der Waals surface area (Å²) in [7, 11) is -3.55. The molecule has 2 aromatic rings. The van der Waals surface area contributed by atoms with Crippen LogP contribution < -0.4 is 5.32 Å². The lowest BCUT2D eigenvalue weighted by atomic mass is 10.2. The van der Waals surface area contributed by atoms with E-state index in [-0.39, 0.29) is 37.1 Å². The second-order valence-corrected chi connectivity index (χ2v) is 8.59. The Labute approximate surface area is 162 Å². The number of anilines is 1. The molecule has 0 atom stereocenters. The number of rotatable bonds is 6. The zero-order valence-electron chi connectivity index (χ0n) is 15.1. The second kappa shape index (κ2) is 8.76. The molecule has 0 aromatic heterocycles. The first-order chi connectivity index (χ1) is 13.3. The molecule has 6 nitrogen and oxygen atoms in total. The third-order valence-electron chi connectivity index (χ3n) is 4.46. The molecule has 1 fully saturated rings. The minimum absolute atomic E-state index is 0.120. The molecule has 3 rings (SSSR count). The molecule has 2 aromatic carbocycles. The molecule has 28 heavy (non-hydrogen) atoms. The summed E-state index contributed by atoms with van der Waals surface area (Å²) in [6, 6.07) is 11.0. The van der Waals surface area contributed by atoms with Crippen LogP contribution in [0.1, 0.15) is 5.56 Å². The van der Waals surface area contributed by atoms with Crippen LogP contribution in [0.25, 0.3) is 0 Å². The Bertz CT molecular complexity index is 928. The number of amides is 1. The molecule has 1 aliphatic heterocycles. The molecule has 9 heteroatoms. The van der Waals surface area contributed by atoms with E-state index in [4.69, 9.17) is 0 Å². The fourth-order valence-corrected chi connectivity index (χ4v) is 4.53. The van der Waals surface area contributed by atoms with Crippen LogP contribution in [0.3, 0.4) is 0 Å². The minimum atomic E-state index is -3.55. The molecule has 1 heterocycles. The second-order valence-electron chi connectivity index (χ2n) is 6.62. The van der Waals surface area contributed by atoms with E-state index >= 15 is 0 Å². The molecule has 0 saturated carbocycles. The molecular weight excluding hydrogens is 388 g/mol. The SMILES string of the molecule is O=C(CN1CCN(S(=O)(=O)Cc2cccc(F)c2)CC1)Nc1ccc(F)cc1. The highest BCUT2D eigenvalue weighted by molar-refractivity contribution is 7.88. The van der Waals surface area contributed by atoms with Gasteiger partial charge >= 0.3 is 0 Å². The summed E-state index contributed by atoms with van der Waals surface area (Å²) >= 11 is 0. The number of carbonyl (C=O) groups is 1. The van der Waals surface area contributed by atoms with Gasteiger partial charge in [0.15, 0.2) is 0 Å². The Morgan fingerprint density at radius 1 is 0.964 bits per heavy atom. The van der Waals surface area contributed by atoms with Crippen LogP contribution in [0.15, 0.2) is 48.5 Å². The predicted octanol–water partition coefficient (Wildman–Crippen LogP) is 2.05. The van der Waals surface area contributed by atoms with Crippen LogP contribution in [-0.4, -0.2) is 56.3 Å². The highest BCUT2D eigenvalue weighted by Crippen LogP contribution is 2.15. The lowest BCUT2D eigenvalue weighted by Gasteiger charge is -2.33. The lowest BCUT2D eigenvalue weighted by Crippen LogP contribution is -2.50. The first kappa shape index (κ1) is 20.4. The van der Waals surface area contributed by atoms with Gasteiger partial charge in [-0.15, -0.1) is 0 Å². The van der Waals surface area contributed by atoms with E-state index in [9.17, 15) is 22.0 Å². The zero-order valence-corrected chi connectivity index (χ0v) is 16.0. The topological polar surface area (TPSA) is 69.7 Å². The van der Waals surface area contributed by atoms with Crippen molar-refractivity contribution in [1.82, 2.24) is 9.21 Å². The van der Waals surface area contributed by atoms with Gasteiger partial charge in [-0.3, -0.25) is 9.69 Å². The Hall–Kier alpha value is -2.36. The van der Waals surface area contributed by atoms with E-state index in [1.54, 1.807) is 6.07 Å². The van der Waals surface area contributed by atoms with Gasteiger partial charge in [-0.2, -0.15) is 4.31 Å². The normalized spacial score (nSPS) is 16.1. The standard InChI is InChI=1S/C19H21F2N3O3S/c20-16-4-6-18(7-5-16)22-19(25)13-23-8-10-24(11-9-23)28(26,27)14-15-2-1-3-17(21)12-15/h1-7,12H,8-11,13-14H2,(H,22,25). The number of hydrogen-bond donors (Lipinski definition) is 1. The molecule has 0 bridgehead atoms. The minimum Gasteiger partial charge on any atom is -0.325 e. The van der Waals surface area contributed by atoms with E-state index in [0.29, 0.717) is 24.3 Å². The van der Waals surface area contributed by atoms with E-state index < -0.39 is 15.8 Å². The van der Waals surface area contributed by atoms with E-state index in [1.807, 2.05) is 4.90 Å². The highest BCUT2D eigenvalue weighted by atomic mass is 32.2. The summed E-state index contributed by atoms with van der Waals surface area (Å²) in [4.78, 5) is 14.0. The van der Waals surface area contributed by atoms with Gasteiger partial charge in [-0.1, -0.05) is 12.1 Å². The van der Waals surface area contributed by atoms with Crippen LogP contribution >= 0.6 is 0 Å². The number of piperazine rings is 1. The molecule has 150 valence electrons. The Morgan fingerprint density at radius 3 is 2.29 bits per heavy atom. The summed E-state index contributed by atoms with van der Waals surface area (Å²) in [5.74, 6) is -1.35. The van der Waals surface area contributed by atoms with Gasteiger partial charge in [-0.25, -0.2) is 17.2 Å². The van der Waals surface area contributed by atoms with E-state index in [1.165, 1.54) is 46.8 Å². The monoisotopic (exact) mass is 409 g/mol. The van der Waals surface area contributed by atoms with Crippen molar-refractivity contribution in [1.29, 1.82) is 0 Å². The quantitative estimate of drug-likeness (QED) is 0.793. The van der Waals surface area contributed by atoms with Gasteiger partial charge in [0.25, 0.3) is 0 Å². The number of hydrogen-bond acceptors (Lipinski definition) is 4. The maximum Gasteiger partial charge on any atom is 0.238 e. The van der Waals surface area contributed by atoms with Crippen molar-refractivity contribution in [3.63, 3.8) is 0 Å². The van der Waals surface area contributed by atoms with Crippen molar-refractivity contribution in [3.8, 4) is 0 Å². The van der Waals surface area contributed by atoms with Crippen molar-refractivity contribution in [2.75, 3.05) is 38.0 Å². The molecule has 0 unspecified atom stereocenters. The van der Waals surface area contributed by atoms with Crippen LogP contribution in [0.5, 0.6) is 0 Å². The van der Waals surface area contributed by atoms with E-state index in [2.05, 4.69) is 5.32 Å². The number of nitrogens with one attached hydrogen (secondary N) is 1. The van der Waals surface area contributed by atoms with Crippen LogP contribution in [0.4, 0.5) is 14.5 Å². The van der Waals surface area contributed by atoms with Gasteiger partial charge in [0.1, 0.15) is 11.6 Å². The number of halogens is 2. The molecule has 1 amide bonds. The lowest BCUT2D eigenvalue weighted by molar-refractivity contribution is -0.117. The fraction of sp³-hybridized carbons (Fsp3) is 0.316. The summed E-state index contributed by atoms with van der Waals surface area (Å²) in [6.07, 6.45) is 0.